The fraction of sp³-hybridized carbons (Fsp3) is 0.588. The molecule has 0 atom stereocenters. The number of carbonyl (C=O) groups excluding carboxylic acids is 1. The van der Waals surface area contributed by atoms with E-state index in [9.17, 15) is 14.9 Å². The zero-order valence-electron chi connectivity index (χ0n) is 13.3. The summed E-state index contributed by atoms with van der Waals surface area (Å²) in [4.78, 5) is 28.2. The van der Waals surface area contributed by atoms with E-state index in [1.807, 2.05) is 4.90 Å². The molecule has 1 saturated heterocycles. The minimum atomic E-state index is -0.481. The predicted molar refractivity (Wildman–Crippen MR) is 86.6 cm³/mol. The molecule has 1 spiro atoms. The Hall–Kier alpha value is -1.95. The lowest BCUT2D eigenvalue weighted by molar-refractivity contribution is -0.384. The van der Waals surface area contributed by atoms with Crippen molar-refractivity contribution in [2.75, 3.05) is 25.0 Å². The molecule has 0 bridgehead atoms. The molecule has 3 aliphatic rings. The summed E-state index contributed by atoms with van der Waals surface area (Å²) in [6.45, 7) is 1.98. The van der Waals surface area contributed by atoms with Crippen LogP contribution < -0.4 is 4.90 Å². The zero-order valence-corrected chi connectivity index (χ0v) is 13.3. The third-order valence-electron chi connectivity index (χ3n) is 5.85. The van der Waals surface area contributed by atoms with Gasteiger partial charge in [-0.1, -0.05) is 6.42 Å². The van der Waals surface area contributed by atoms with Gasteiger partial charge in [-0.2, -0.15) is 0 Å². The van der Waals surface area contributed by atoms with Crippen molar-refractivity contribution in [3.05, 3.63) is 33.9 Å². The van der Waals surface area contributed by atoms with Crippen LogP contribution in [-0.4, -0.2) is 41.9 Å². The van der Waals surface area contributed by atoms with Crippen LogP contribution in [0, 0.1) is 10.1 Å². The lowest BCUT2D eigenvalue weighted by Crippen LogP contribution is -2.51. The SMILES string of the molecule is CN1CCC(N2C(=O)C3(CCC3)c3cc([N+](=O)[O-])ccc32)CC1. The third-order valence-corrected chi connectivity index (χ3v) is 5.85. The van der Waals surface area contributed by atoms with E-state index >= 15 is 0 Å². The first-order valence-corrected chi connectivity index (χ1v) is 8.34. The molecule has 4 rings (SSSR count). The Balaban J connectivity index is 1.76. The van der Waals surface area contributed by atoms with Crippen molar-refractivity contribution in [1.29, 1.82) is 0 Å². The first-order valence-electron chi connectivity index (χ1n) is 8.34. The molecule has 1 saturated carbocycles. The van der Waals surface area contributed by atoms with Crippen molar-refractivity contribution in [3.8, 4) is 0 Å². The van der Waals surface area contributed by atoms with E-state index in [1.165, 1.54) is 6.07 Å². The second kappa shape index (κ2) is 5.03. The van der Waals surface area contributed by atoms with Gasteiger partial charge < -0.3 is 9.80 Å². The molecule has 0 aromatic heterocycles. The summed E-state index contributed by atoms with van der Waals surface area (Å²) < 4.78 is 0. The average molecular weight is 315 g/mol. The Labute approximate surface area is 135 Å². The summed E-state index contributed by atoms with van der Waals surface area (Å²) in [7, 11) is 2.10. The maximum absolute atomic E-state index is 13.2. The molecular formula is C17H21N3O3. The number of rotatable bonds is 2. The zero-order chi connectivity index (χ0) is 16.2. The molecule has 2 heterocycles. The fourth-order valence-electron chi connectivity index (χ4n) is 4.32. The molecule has 1 aromatic carbocycles. The maximum atomic E-state index is 13.2. The molecule has 6 nitrogen and oxygen atoms in total. The number of anilines is 1. The topological polar surface area (TPSA) is 66.7 Å². The minimum Gasteiger partial charge on any atom is -0.308 e. The number of amides is 1. The van der Waals surface area contributed by atoms with Crippen LogP contribution in [0.5, 0.6) is 0 Å². The lowest BCUT2D eigenvalue weighted by atomic mass is 9.65. The number of hydrogen-bond acceptors (Lipinski definition) is 4. The summed E-state index contributed by atoms with van der Waals surface area (Å²) in [6.07, 6.45) is 4.60. The Morgan fingerprint density at radius 1 is 1.26 bits per heavy atom. The Bertz CT molecular complexity index is 676. The van der Waals surface area contributed by atoms with E-state index in [1.54, 1.807) is 12.1 Å². The quantitative estimate of drug-likeness (QED) is 0.621. The van der Waals surface area contributed by atoms with E-state index in [4.69, 9.17) is 0 Å². The highest BCUT2D eigenvalue weighted by Gasteiger charge is 2.56. The number of carbonyl (C=O) groups is 1. The third kappa shape index (κ3) is 2.01. The van der Waals surface area contributed by atoms with Crippen molar-refractivity contribution < 1.29 is 9.72 Å². The Kier molecular flexibility index (Phi) is 3.20. The molecule has 1 aliphatic carbocycles. The van der Waals surface area contributed by atoms with Crippen LogP contribution in [0.4, 0.5) is 11.4 Å². The predicted octanol–water partition coefficient (Wildman–Crippen LogP) is 2.46. The average Bonchev–Trinajstić information content (AvgIpc) is 2.75. The Morgan fingerprint density at radius 3 is 2.52 bits per heavy atom. The highest BCUT2D eigenvalue weighted by molar-refractivity contribution is 6.09. The van der Waals surface area contributed by atoms with Gasteiger partial charge in [0.05, 0.1) is 10.3 Å². The monoisotopic (exact) mass is 315 g/mol. The highest BCUT2D eigenvalue weighted by Crippen LogP contribution is 2.55. The van der Waals surface area contributed by atoms with Crippen molar-refractivity contribution in [3.63, 3.8) is 0 Å². The molecule has 0 radical (unpaired) electrons. The second-order valence-corrected chi connectivity index (χ2v) is 7.10. The molecule has 2 aliphatic heterocycles. The van der Waals surface area contributed by atoms with Crippen LogP contribution in [0.3, 0.4) is 0 Å². The smallest absolute Gasteiger partial charge is 0.269 e. The van der Waals surface area contributed by atoms with Gasteiger partial charge in [0.2, 0.25) is 5.91 Å². The van der Waals surface area contributed by atoms with Gasteiger partial charge in [-0.15, -0.1) is 0 Å². The van der Waals surface area contributed by atoms with Crippen LogP contribution in [0.15, 0.2) is 18.2 Å². The van der Waals surface area contributed by atoms with Crippen LogP contribution in [-0.2, 0) is 10.2 Å². The summed E-state index contributed by atoms with van der Waals surface area (Å²) in [5.74, 6) is 0.175. The number of nitro groups is 1. The van der Waals surface area contributed by atoms with Gasteiger partial charge >= 0.3 is 0 Å². The number of benzene rings is 1. The summed E-state index contributed by atoms with van der Waals surface area (Å²) in [6, 6.07) is 5.18. The summed E-state index contributed by atoms with van der Waals surface area (Å²) >= 11 is 0. The standard InChI is InChI=1S/C17H21N3O3/c1-18-9-5-12(6-10-18)19-15-4-3-13(20(22)23)11-14(15)17(16(19)21)7-2-8-17/h3-4,11-12H,2,5-10H2,1H3. The molecule has 2 fully saturated rings. The number of likely N-dealkylation sites (tertiary alicyclic amines) is 1. The molecule has 1 amide bonds. The highest BCUT2D eigenvalue weighted by atomic mass is 16.6. The van der Waals surface area contributed by atoms with Crippen LogP contribution in [0.2, 0.25) is 0 Å². The molecule has 122 valence electrons. The molecular weight excluding hydrogens is 294 g/mol. The van der Waals surface area contributed by atoms with Crippen LogP contribution >= 0.6 is 0 Å². The first kappa shape index (κ1) is 14.6. The minimum absolute atomic E-state index is 0.0908. The molecule has 0 N–H and O–H groups in total. The lowest BCUT2D eigenvalue weighted by Gasteiger charge is -2.39. The number of piperidine rings is 1. The number of non-ortho nitro benzene ring substituents is 1. The second-order valence-electron chi connectivity index (χ2n) is 7.10. The number of fused-ring (bicyclic) bond motifs is 2. The first-order chi connectivity index (χ1) is 11.0. The summed E-state index contributed by atoms with van der Waals surface area (Å²) in [5.41, 5.74) is 1.41. The van der Waals surface area contributed by atoms with Gasteiger partial charge in [0.25, 0.3) is 5.69 Å². The van der Waals surface area contributed by atoms with E-state index in [2.05, 4.69) is 11.9 Å². The van der Waals surface area contributed by atoms with Crippen LogP contribution in [0.1, 0.15) is 37.7 Å². The fourth-order valence-corrected chi connectivity index (χ4v) is 4.32. The van der Waals surface area contributed by atoms with Gasteiger partial charge in [-0.25, -0.2) is 0 Å². The maximum Gasteiger partial charge on any atom is 0.269 e. The van der Waals surface area contributed by atoms with Gasteiger partial charge in [0.15, 0.2) is 0 Å². The number of nitro benzene ring substituents is 1. The molecule has 23 heavy (non-hydrogen) atoms. The van der Waals surface area contributed by atoms with Gasteiger partial charge in [-0.3, -0.25) is 14.9 Å². The van der Waals surface area contributed by atoms with Gasteiger partial charge in [0.1, 0.15) is 0 Å². The molecule has 1 aromatic rings. The summed E-state index contributed by atoms with van der Waals surface area (Å²) in [5, 5.41) is 11.1. The van der Waals surface area contributed by atoms with Gasteiger partial charge in [0, 0.05) is 23.9 Å². The normalized spacial score (nSPS) is 23.9. The number of hydrogen-bond donors (Lipinski definition) is 0. The van der Waals surface area contributed by atoms with E-state index in [0.29, 0.717) is 0 Å². The van der Waals surface area contributed by atoms with E-state index < -0.39 is 5.41 Å². The number of nitrogens with zero attached hydrogens (tertiary/aromatic N) is 3. The van der Waals surface area contributed by atoms with E-state index in [-0.39, 0.29) is 22.6 Å². The van der Waals surface area contributed by atoms with Crippen molar-refractivity contribution >= 4 is 17.3 Å². The van der Waals surface area contributed by atoms with Crippen molar-refractivity contribution in [2.24, 2.45) is 0 Å². The molecule has 0 unspecified atom stereocenters. The van der Waals surface area contributed by atoms with Crippen LogP contribution in [0.25, 0.3) is 0 Å². The van der Waals surface area contributed by atoms with Gasteiger partial charge in [-0.05, 0) is 57.5 Å². The molecule has 6 heteroatoms. The Morgan fingerprint density at radius 2 is 1.96 bits per heavy atom. The van der Waals surface area contributed by atoms with E-state index in [0.717, 1.165) is 56.4 Å². The largest absolute Gasteiger partial charge is 0.308 e. The van der Waals surface area contributed by atoms with Crippen molar-refractivity contribution in [2.45, 2.75) is 43.6 Å². The van der Waals surface area contributed by atoms with Crippen molar-refractivity contribution in [1.82, 2.24) is 4.90 Å².